The van der Waals surface area contributed by atoms with Crippen LogP contribution in [-0.4, -0.2) is 42.9 Å². The van der Waals surface area contributed by atoms with Gasteiger partial charge in [0.05, 0.1) is 5.75 Å². The lowest BCUT2D eigenvalue weighted by Crippen LogP contribution is -2.46. The van der Waals surface area contributed by atoms with Crippen LogP contribution in [0.25, 0.3) is 0 Å². The van der Waals surface area contributed by atoms with Gasteiger partial charge in [0.15, 0.2) is 9.84 Å². The second kappa shape index (κ2) is 6.72. The van der Waals surface area contributed by atoms with Gasteiger partial charge in [0.2, 0.25) is 5.91 Å². The van der Waals surface area contributed by atoms with Gasteiger partial charge in [-0.2, -0.15) is 0 Å². The van der Waals surface area contributed by atoms with Gasteiger partial charge >= 0.3 is 5.97 Å². The van der Waals surface area contributed by atoms with Crippen molar-refractivity contribution in [2.75, 3.05) is 11.5 Å². The van der Waals surface area contributed by atoms with E-state index in [2.05, 4.69) is 5.32 Å². The first-order chi connectivity index (χ1) is 8.05. The molecule has 6 nitrogen and oxygen atoms in total. The summed E-state index contributed by atoms with van der Waals surface area (Å²) in [6, 6.07) is -1.06. The van der Waals surface area contributed by atoms with E-state index in [9.17, 15) is 18.0 Å². The molecule has 0 spiro atoms. The molecule has 18 heavy (non-hydrogen) atoms. The Morgan fingerprint density at radius 3 is 2.00 bits per heavy atom. The Morgan fingerprint density at radius 1 is 1.17 bits per heavy atom. The fourth-order valence-electron chi connectivity index (χ4n) is 1.50. The first kappa shape index (κ1) is 16.9. The van der Waals surface area contributed by atoms with Crippen molar-refractivity contribution in [2.45, 2.75) is 33.7 Å². The zero-order valence-corrected chi connectivity index (χ0v) is 12.0. The summed E-state index contributed by atoms with van der Waals surface area (Å²) in [5.41, 5.74) is 0. The Labute approximate surface area is 108 Å². The van der Waals surface area contributed by atoms with Gasteiger partial charge in [-0.05, 0) is 11.8 Å². The lowest BCUT2D eigenvalue weighted by atomic mass is 10.1. The van der Waals surface area contributed by atoms with Crippen molar-refractivity contribution >= 4 is 21.7 Å². The molecule has 0 heterocycles. The van der Waals surface area contributed by atoms with Crippen LogP contribution in [0.3, 0.4) is 0 Å². The number of carbonyl (C=O) groups is 2. The lowest BCUT2D eigenvalue weighted by Gasteiger charge is -2.18. The van der Waals surface area contributed by atoms with Gasteiger partial charge in [-0.15, -0.1) is 0 Å². The smallest absolute Gasteiger partial charge is 0.326 e. The normalized spacial score (nSPS) is 13.7. The van der Waals surface area contributed by atoms with Crippen LogP contribution in [-0.2, 0) is 19.4 Å². The highest BCUT2D eigenvalue weighted by Gasteiger charge is 2.26. The molecule has 2 N–H and O–H groups in total. The molecule has 7 heteroatoms. The predicted molar refractivity (Wildman–Crippen MR) is 67.9 cm³/mol. The van der Waals surface area contributed by atoms with E-state index in [1.165, 1.54) is 0 Å². The molecule has 1 amide bonds. The molecular formula is C11H21NO5S. The highest BCUT2D eigenvalue weighted by atomic mass is 32.2. The summed E-state index contributed by atoms with van der Waals surface area (Å²) < 4.78 is 23.1. The van der Waals surface area contributed by atoms with E-state index in [4.69, 9.17) is 5.11 Å². The van der Waals surface area contributed by atoms with Crippen molar-refractivity contribution in [1.82, 2.24) is 5.32 Å². The first-order valence-corrected chi connectivity index (χ1v) is 7.60. The topological polar surface area (TPSA) is 101 Å². The van der Waals surface area contributed by atoms with E-state index < -0.39 is 33.5 Å². The number of carbonyl (C=O) groups excluding carboxylic acids is 1. The third kappa shape index (κ3) is 6.58. The molecule has 0 unspecified atom stereocenters. The molecule has 0 aromatic carbocycles. The summed E-state index contributed by atoms with van der Waals surface area (Å²) in [5.74, 6) is -3.06. The maximum absolute atomic E-state index is 11.6. The van der Waals surface area contributed by atoms with E-state index in [0.717, 1.165) is 0 Å². The molecule has 0 aliphatic heterocycles. The number of aliphatic carboxylic acids is 1. The molecule has 0 saturated heterocycles. The maximum atomic E-state index is 11.6. The van der Waals surface area contributed by atoms with Crippen LogP contribution in [0.5, 0.6) is 0 Å². The molecule has 106 valence electrons. The highest BCUT2D eigenvalue weighted by molar-refractivity contribution is 7.92. The number of sulfone groups is 1. The third-order valence-electron chi connectivity index (χ3n) is 2.19. The van der Waals surface area contributed by atoms with Crippen LogP contribution < -0.4 is 5.32 Å². The number of rotatable bonds is 7. The standard InChI is InChI=1S/C11H21NO5S/c1-7(2)5-18(16,17)6-9(13)12-10(8(3)4)11(14)15/h7-8,10H,5-6H2,1-4H3,(H,12,13)(H,14,15)/t10-/m1/s1. The summed E-state index contributed by atoms with van der Waals surface area (Å²) in [6.45, 7) is 6.76. The quantitative estimate of drug-likeness (QED) is 0.697. The van der Waals surface area contributed by atoms with Crippen molar-refractivity contribution in [1.29, 1.82) is 0 Å². The zero-order chi connectivity index (χ0) is 14.5. The van der Waals surface area contributed by atoms with Crippen molar-refractivity contribution < 1.29 is 23.1 Å². The number of carboxylic acids is 1. The number of amides is 1. The first-order valence-electron chi connectivity index (χ1n) is 5.77. The van der Waals surface area contributed by atoms with Crippen molar-refractivity contribution in [3.8, 4) is 0 Å². The Balaban J connectivity index is 4.56. The molecule has 0 fully saturated rings. The zero-order valence-electron chi connectivity index (χ0n) is 11.1. The Kier molecular flexibility index (Phi) is 6.31. The van der Waals surface area contributed by atoms with E-state index in [1.807, 2.05) is 0 Å². The van der Waals surface area contributed by atoms with Gasteiger partial charge in [0.25, 0.3) is 0 Å². The van der Waals surface area contributed by atoms with Gasteiger partial charge < -0.3 is 10.4 Å². The number of carboxylic acid groups (broad SMARTS) is 1. The Bertz CT molecular complexity index is 400. The minimum absolute atomic E-state index is 0.0665. The summed E-state index contributed by atoms with van der Waals surface area (Å²) in [7, 11) is -3.48. The molecular weight excluding hydrogens is 258 g/mol. The van der Waals surface area contributed by atoms with Crippen LogP contribution >= 0.6 is 0 Å². The van der Waals surface area contributed by atoms with Crippen LogP contribution in [0, 0.1) is 11.8 Å². The Morgan fingerprint density at radius 2 is 1.67 bits per heavy atom. The van der Waals surface area contributed by atoms with Gasteiger partial charge in [-0.1, -0.05) is 27.7 Å². The monoisotopic (exact) mass is 279 g/mol. The van der Waals surface area contributed by atoms with Crippen molar-refractivity contribution in [3.05, 3.63) is 0 Å². The highest BCUT2D eigenvalue weighted by Crippen LogP contribution is 2.04. The number of hydrogen-bond donors (Lipinski definition) is 2. The summed E-state index contributed by atoms with van der Waals surface area (Å²) in [4.78, 5) is 22.4. The van der Waals surface area contributed by atoms with Crippen LogP contribution in [0.2, 0.25) is 0 Å². The van der Waals surface area contributed by atoms with E-state index in [1.54, 1.807) is 27.7 Å². The summed E-state index contributed by atoms with van der Waals surface area (Å²) in [6.07, 6.45) is 0. The minimum Gasteiger partial charge on any atom is -0.480 e. The second-order valence-corrected chi connectivity index (χ2v) is 7.19. The molecule has 0 aromatic heterocycles. The largest absolute Gasteiger partial charge is 0.480 e. The molecule has 1 atom stereocenters. The van der Waals surface area contributed by atoms with Crippen LogP contribution in [0.15, 0.2) is 0 Å². The molecule has 0 bridgehead atoms. The number of hydrogen-bond acceptors (Lipinski definition) is 4. The van der Waals surface area contributed by atoms with Gasteiger partial charge in [-0.25, -0.2) is 13.2 Å². The molecule has 0 radical (unpaired) electrons. The summed E-state index contributed by atoms with van der Waals surface area (Å²) >= 11 is 0. The second-order valence-electron chi connectivity index (χ2n) is 5.08. The summed E-state index contributed by atoms with van der Waals surface area (Å²) in [5, 5.41) is 11.1. The van der Waals surface area contributed by atoms with E-state index >= 15 is 0 Å². The van der Waals surface area contributed by atoms with Crippen molar-refractivity contribution in [2.24, 2.45) is 11.8 Å². The fourth-order valence-corrected chi connectivity index (χ4v) is 3.11. The number of nitrogens with one attached hydrogen (secondary N) is 1. The minimum atomic E-state index is -3.48. The predicted octanol–water partition coefficient (Wildman–Crippen LogP) is 0.283. The van der Waals surface area contributed by atoms with E-state index in [0.29, 0.717) is 0 Å². The maximum Gasteiger partial charge on any atom is 0.326 e. The van der Waals surface area contributed by atoms with Crippen molar-refractivity contribution in [3.63, 3.8) is 0 Å². The fraction of sp³-hybridized carbons (Fsp3) is 0.818. The lowest BCUT2D eigenvalue weighted by molar-refractivity contribution is -0.142. The molecule has 0 rings (SSSR count). The van der Waals surface area contributed by atoms with Crippen LogP contribution in [0.4, 0.5) is 0 Å². The third-order valence-corrected chi connectivity index (χ3v) is 4.06. The van der Waals surface area contributed by atoms with Gasteiger partial charge in [-0.3, -0.25) is 4.79 Å². The average Bonchev–Trinajstić information content (AvgIpc) is 2.09. The molecule has 0 saturated carbocycles. The van der Waals surface area contributed by atoms with Crippen LogP contribution in [0.1, 0.15) is 27.7 Å². The Hall–Kier alpha value is -1.11. The average molecular weight is 279 g/mol. The van der Waals surface area contributed by atoms with Gasteiger partial charge in [0.1, 0.15) is 11.8 Å². The molecule has 0 aliphatic rings. The van der Waals surface area contributed by atoms with Gasteiger partial charge in [0, 0.05) is 0 Å². The molecule has 0 aliphatic carbocycles. The molecule has 0 aromatic rings. The van der Waals surface area contributed by atoms with E-state index in [-0.39, 0.29) is 17.6 Å². The SMILES string of the molecule is CC(C)CS(=O)(=O)CC(=O)N[C@@H](C(=O)O)C(C)C.